The first-order valence-electron chi connectivity index (χ1n) is 9.31. The highest BCUT2D eigenvalue weighted by molar-refractivity contribution is 7.89. The zero-order valence-electron chi connectivity index (χ0n) is 16.0. The molecule has 9 heteroatoms. The van der Waals surface area contributed by atoms with E-state index in [1.807, 2.05) is 53.4 Å². The van der Waals surface area contributed by atoms with E-state index in [0.29, 0.717) is 29.4 Å². The Balaban J connectivity index is 1.46. The van der Waals surface area contributed by atoms with Gasteiger partial charge in [0.05, 0.1) is 31.1 Å². The van der Waals surface area contributed by atoms with Crippen LogP contribution in [0.3, 0.4) is 0 Å². The summed E-state index contributed by atoms with van der Waals surface area (Å²) in [5.41, 5.74) is 2.91. The standard InChI is InChI=1S/C19H23N5O2S2/c1-15-6-7-17(13-16(15)2)28(25,26)22-11-9-21(10-12-22)14-24-19(27)23-8-4-3-5-18(23)20-24/h3-8,13H,9-12,14H2,1-2H3/p+1. The van der Waals surface area contributed by atoms with Crippen LogP contribution in [0, 0.1) is 18.6 Å². The lowest BCUT2D eigenvalue weighted by Crippen LogP contribution is -3.14. The van der Waals surface area contributed by atoms with Crippen LogP contribution in [0.15, 0.2) is 47.5 Å². The summed E-state index contributed by atoms with van der Waals surface area (Å²) in [6, 6.07) is 11.1. The number of aryl methyl sites for hydroxylation is 2. The van der Waals surface area contributed by atoms with E-state index in [1.165, 1.54) is 4.90 Å². The molecule has 28 heavy (non-hydrogen) atoms. The minimum atomic E-state index is -3.45. The number of aromatic nitrogens is 3. The first-order valence-corrected chi connectivity index (χ1v) is 11.2. The van der Waals surface area contributed by atoms with Crippen molar-refractivity contribution in [1.29, 1.82) is 0 Å². The Kier molecular flexibility index (Phi) is 5.09. The molecule has 1 N–H and O–H groups in total. The second kappa shape index (κ2) is 7.40. The zero-order valence-corrected chi connectivity index (χ0v) is 17.6. The van der Waals surface area contributed by atoms with Crippen LogP contribution in [-0.2, 0) is 16.7 Å². The summed E-state index contributed by atoms with van der Waals surface area (Å²) in [5.74, 6) is 0. The van der Waals surface area contributed by atoms with Crippen molar-refractivity contribution in [3.63, 3.8) is 0 Å². The Morgan fingerprint density at radius 2 is 1.86 bits per heavy atom. The van der Waals surface area contributed by atoms with Gasteiger partial charge in [-0.25, -0.2) is 8.42 Å². The summed E-state index contributed by atoms with van der Waals surface area (Å²) in [6.07, 6.45) is 1.91. The molecule has 3 heterocycles. The minimum Gasteiger partial charge on any atom is -0.314 e. The van der Waals surface area contributed by atoms with E-state index in [-0.39, 0.29) is 0 Å². The molecule has 0 aliphatic carbocycles. The van der Waals surface area contributed by atoms with E-state index in [9.17, 15) is 8.42 Å². The second-order valence-corrected chi connectivity index (χ2v) is 9.57. The highest BCUT2D eigenvalue weighted by Gasteiger charge is 2.30. The number of quaternary nitrogens is 1. The van der Waals surface area contributed by atoms with Crippen LogP contribution >= 0.6 is 12.2 Å². The Morgan fingerprint density at radius 1 is 1.11 bits per heavy atom. The van der Waals surface area contributed by atoms with E-state index in [2.05, 4.69) is 5.10 Å². The van der Waals surface area contributed by atoms with Crippen molar-refractivity contribution in [2.75, 3.05) is 26.2 Å². The Hall–Kier alpha value is -2.07. The molecule has 7 nitrogen and oxygen atoms in total. The number of pyridine rings is 1. The van der Waals surface area contributed by atoms with Crippen molar-refractivity contribution < 1.29 is 13.3 Å². The van der Waals surface area contributed by atoms with E-state index >= 15 is 0 Å². The Morgan fingerprint density at radius 3 is 2.54 bits per heavy atom. The van der Waals surface area contributed by atoms with Crippen LogP contribution in [0.5, 0.6) is 0 Å². The van der Waals surface area contributed by atoms with Crippen LogP contribution in [0.2, 0.25) is 0 Å². The fraction of sp³-hybridized carbons (Fsp3) is 0.368. The molecule has 0 saturated carbocycles. The first-order chi connectivity index (χ1) is 13.4. The van der Waals surface area contributed by atoms with Crippen LogP contribution < -0.4 is 4.90 Å². The van der Waals surface area contributed by atoms with Crippen molar-refractivity contribution in [3.8, 4) is 0 Å². The molecule has 1 aliphatic heterocycles. The quantitative estimate of drug-likeness (QED) is 0.643. The fourth-order valence-electron chi connectivity index (χ4n) is 3.51. The highest BCUT2D eigenvalue weighted by atomic mass is 32.2. The lowest BCUT2D eigenvalue weighted by atomic mass is 10.1. The highest BCUT2D eigenvalue weighted by Crippen LogP contribution is 2.19. The maximum absolute atomic E-state index is 13.0. The Bertz CT molecular complexity index is 1170. The van der Waals surface area contributed by atoms with E-state index < -0.39 is 10.0 Å². The molecule has 2 aromatic heterocycles. The van der Waals surface area contributed by atoms with Crippen LogP contribution in [0.4, 0.5) is 0 Å². The van der Waals surface area contributed by atoms with Crippen LogP contribution in [0.1, 0.15) is 11.1 Å². The summed E-state index contributed by atoms with van der Waals surface area (Å²) >= 11 is 5.51. The molecule has 1 fully saturated rings. The number of nitrogens with one attached hydrogen (secondary N) is 1. The van der Waals surface area contributed by atoms with Crippen LogP contribution in [0.25, 0.3) is 5.65 Å². The Labute approximate surface area is 169 Å². The maximum atomic E-state index is 13.0. The number of sulfonamides is 1. The molecule has 0 radical (unpaired) electrons. The fourth-order valence-corrected chi connectivity index (χ4v) is 5.29. The van der Waals surface area contributed by atoms with Gasteiger partial charge in [-0.05, 0) is 61.5 Å². The average Bonchev–Trinajstić information content (AvgIpc) is 3.00. The molecule has 0 spiro atoms. The first kappa shape index (κ1) is 19.3. The third-order valence-corrected chi connectivity index (χ3v) is 7.71. The van der Waals surface area contributed by atoms with Gasteiger partial charge in [-0.15, -0.1) is 5.10 Å². The molecule has 1 saturated heterocycles. The summed E-state index contributed by atoms with van der Waals surface area (Å²) in [5, 5.41) is 4.56. The van der Waals surface area contributed by atoms with Crippen molar-refractivity contribution in [3.05, 3.63) is 58.5 Å². The summed E-state index contributed by atoms with van der Waals surface area (Å²) in [4.78, 5) is 1.65. The SMILES string of the molecule is Cc1ccc(S(=O)(=O)N2CC[NH+](Cn3nc4ccccn4c3=S)CC2)cc1C. The van der Waals surface area contributed by atoms with Gasteiger partial charge < -0.3 is 4.90 Å². The van der Waals surface area contributed by atoms with Gasteiger partial charge in [0.15, 0.2) is 12.3 Å². The third-order valence-electron chi connectivity index (χ3n) is 5.41. The largest absolute Gasteiger partial charge is 0.314 e. The van der Waals surface area contributed by atoms with Gasteiger partial charge in [-0.3, -0.25) is 4.40 Å². The van der Waals surface area contributed by atoms with Gasteiger partial charge in [0.2, 0.25) is 14.8 Å². The molecule has 148 valence electrons. The predicted octanol–water partition coefficient (Wildman–Crippen LogP) is 1.03. The van der Waals surface area contributed by atoms with Gasteiger partial charge >= 0.3 is 0 Å². The van der Waals surface area contributed by atoms with Gasteiger partial charge in [0, 0.05) is 6.20 Å². The van der Waals surface area contributed by atoms with Crippen molar-refractivity contribution in [2.45, 2.75) is 25.4 Å². The number of nitrogens with zero attached hydrogens (tertiary/aromatic N) is 4. The lowest BCUT2D eigenvalue weighted by Gasteiger charge is -2.31. The number of benzene rings is 1. The number of hydrogen-bond acceptors (Lipinski definition) is 4. The van der Waals surface area contributed by atoms with E-state index in [1.54, 1.807) is 16.4 Å². The topological polar surface area (TPSA) is 64.0 Å². The molecule has 3 aromatic rings. The molecule has 0 unspecified atom stereocenters. The van der Waals surface area contributed by atoms with Crippen molar-refractivity contribution in [1.82, 2.24) is 18.5 Å². The zero-order chi connectivity index (χ0) is 19.9. The van der Waals surface area contributed by atoms with Gasteiger partial charge in [0.1, 0.15) is 0 Å². The number of hydrogen-bond donors (Lipinski definition) is 1. The second-order valence-electron chi connectivity index (χ2n) is 7.27. The molecule has 0 bridgehead atoms. The summed E-state index contributed by atoms with van der Waals surface area (Å²) in [6.45, 7) is 6.99. The maximum Gasteiger partial charge on any atom is 0.243 e. The predicted molar refractivity (Wildman–Crippen MR) is 109 cm³/mol. The molecule has 0 amide bonds. The lowest BCUT2D eigenvalue weighted by molar-refractivity contribution is -0.926. The van der Waals surface area contributed by atoms with Crippen molar-refractivity contribution >= 4 is 27.9 Å². The third kappa shape index (κ3) is 3.50. The smallest absolute Gasteiger partial charge is 0.243 e. The monoisotopic (exact) mass is 418 g/mol. The van der Waals surface area contributed by atoms with E-state index in [4.69, 9.17) is 12.2 Å². The molecule has 0 atom stereocenters. The van der Waals surface area contributed by atoms with Gasteiger partial charge in [-0.1, -0.05) is 12.1 Å². The van der Waals surface area contributed by atoms with Gasteiger partial charge in [-0.2, -0.15) is 8.99 Å². The molecular formula is C19H24N5O2S2+. The average molecular weight is 419 g/mol. The molecular weight excluding hydrogens is 394 g/mol. The number of rotatable bonds is 4. The van der Waals surface area contributed by atoms with Gasteiger partial charge in [0.25, 0.3) is 0 Å². The number of piperazine rings is 1. The minimum absolute atomic E-state index is 0.377. The van der Waals surface area contributed by atoms with Crippen LogP contribution in [-0.4, -0.2) is 53.1 Å². The molecule has 1 aromatic carbocycles. The summed E-state index contributed by atoms with van der Waals surface area (Å²) < 4.78 is 31.9. The molecule has 1 aliphatic rings. The van der Waals surface area contributed by atoms with Crippen molar-refractivity contribution in [2.24, 2.45) is 0 Å². The van der Waals surface area contributed by atoms with E-state index in [0.717, 1.165) is 29.9 Å². The molecule has 4 rings (SSSR count). The normalized spacial score (nSPS) is 16.6. The summed E-state index contributed by atoms with van der Waals surface area (Å²) in [7, 11) is -3.45. The number of fused-ring (bicyclic) bond motifs is 1.